The molecule has 0 amide bonds. The predicted molar refractivity (Wildman–Crippen MR) is 48.4 cm³/mol. The van der Waals surface area contributed by atoms with E-state index in [1.807, 2.05) is 13.2 Å². The minimum Gasteiger partial charge on any atom is -0.383 e. The van der Waals surface area contributed by atoms with Crippen LogP contribution in [0.1, 0.15) is 13.8 Å². The molecular formula is C9H16N2. The third kappa shape index (κ3) is 2.39. The second-order valence-corrected chi connectivity index (χ2v) is 3.45. The van der Waals surface area contributed by atoms with Crippen molar-refractivity contribution in [3.63, 3.8) is 0 Å². The first-order chi connectivity index (χ1) is 5.14. The fraction of sp³-hybridized carbons (Fsp3) is 0.556. The van der Waals surface area contributed by atoms with Crippen LogP contribution in [0, 0.1) is 0 Å². The van der Waals surface area contributed by atoms with Crippen LogP contribution in [0.15, 0.2) is 23.9 Å². The van der Waals surface area contributed by atoms with Crippen molar-refractivity contribution >= 4 is 0 Å². The SMILES string of the molecule is CNCC1=CC(C)(C)NC=C1. The highest BCUT2D eigenvalue weighted by molar-refractivity contribution is 5.28. The van der Waals surface area contributed by atoms with Crippen LogP contribution in [0.4, 0.5) is 0 Å². The molecule has 1 aliphatic heterocycles. The highest BCUT2D eigenvalue weighted by Gasteiger charge is 2.14. The van der Waals surface area contributed by atoms with Gasteiger partial charge in [-0.2, -0.15) is 0 Å². The van der Waals surface area contributed by atoms with Crippen molar-refractivity contribution in [2.45, 2.75) is 19.4 Å². The van der Waals surface area contributed by atoms with Crippen LogP contribution >= 0.6 is 0 Å². The Balaban J connectivity index is 2.64. The summed E-state index contributed by atoms with van der Waals surface area (Å²) >= 11 is 0. The van der Waals surface area contributed by atoms with E-state index < -0.39 is 0 Å². The normalized spacial score (nSPS) is 20.8. The van der Waals surface area contributed by atoms with Crippen molar-refractivity contribution in [3.8, 4) is 0 Å². The lowest BCUT2D eigenvalue weighted by Gasteiger charge is -2.25. The number of hydrogen-bond acceptors (Lipinski definition) is 2. The Morgan fingerprint density at radius 3 is 2.82 bits per heavy atom. The van der Waals surface area contributed by atoms with Crippen molar-refractivity contribution in [1.29, 1.82) is 0 Å². The summed E-state index contributed by atoms with van der Waals surface area (Å²) in [5.41, 5.74) is 1.46. The minimum absolute atomic E-state index is 0.112. The van der Waals surface area contributed by atoms with Gasteiger partial charge in [0.15, 0.2) is 0 Å². The van der Waals surface area contributed by atoms with Crippen molar-refractivity contribution in [3.05, 3.63) is 23.9 Å². The van der Waals surface area contributed by atoms with Gasteiger partial charge in [-0.3, -0.25) is 0 Å². The molecule has 1 heterocycles. The van der Waals surface area contributed by atoms with E-state index in [2.05, 4.69) is 36.6 Å². The van der Waals surface area contributed by atoms with E-state index in [0.29, 0.717) is 0 Å². The van der Waals surface area contributed by atoms with Gasteiger partial charge in [0.1, 0.15) is 0 Å². The van der Waals surface area contributed by atoms with Crippen molar-refractivity contribution in [2.24, 2.45) is 0 Å². The van der Waals surface area contributed by atoms with Crippen LogP contribution in [0.2, 0.25) is 0 Å². The Kier molecular flexibility index (Phi) is 2.35. The van der Waals surface area contributed by atoms with E-state index >= 15 is 0 Å². The average Bonchev–Trinajstić information content (AvgIpc) is 1.85. The van der Waals surface area contributed by atoms with Crippen LogP contribution in [-0.4, -0.2) is 19.1 Å². The van der Waals surface area contributed by atoms with Gasteiger partial charge >= 0.3 is 0 Å². The maximum atomic E-state index is 3.26. The first kappa shape index (κ1) is 8.34. The van der Waals surface area contributed by atoms with Gasteiger partial charge < -0.3 is 10.6 Å². The van der Waals surface area contributed by atoms with Crippen molar-refractivity contribution in [2.75, 3.05) is 13.6 Å². The van der Waals surface area contributed by atoms with Crippen LogP contribution in [-0.2, 0) is 0 Å². The average molecular weight is 152 g/mol. The Hall–Kier alpha value is -0.760. The molecule has 2 heteroatoms. The molecule has 2 N–H and O–H groups in total. The zero-order chi connectivity index (χ0) is 8.32. The molecule has 11 heavy (non-hydrogen) atoms. The van der Waals surface area contributed by atoms with Crippen LogP contribution in [0.3, 0.4) is 0 Å². The van der Waals surface area contributed by atoms with E-state index in [1.54, 1.807) is 0 Å². The first-order valence-corrected chi connectivity index (χ1v) is 3.95. The molecule has 1 aliphatic rings. The summed E-state index contributed by atoms with van der Waals surface area (Å²) in [5.74, 6) is 0. The van der Waals surface area contributed by atoms with Gasteiger partial charge in [0.2, 0.25) is 0 Å². The Morgan fingerprint density at radius 1 is 1.55 bits per heavy atom. The Bertz CT molecular complexity index is 190. The van der Waals surface area contributed by atoms with E-state index in [0.717, 1.165) is 6.54 Å². The molecule has 2 nitrogen and oxygen atoms in total. The molecule has 1 rings (SSSR count). The number of nitrogens with one attached hydrogen (secondary N) is 2. The third-order valence-electron chi connectivity index (χ3n) is 1.68. The zero-order valence-corrected chi connectivity index (χ0v) is 7.44. The second kappa shape index (κ2) is 3.09. The molecule has 0 aromatic heterocycles. The monoisotopic (exact) mass is 152 g/mol. The third-order valence-corrected chi connectivity index (χ3v) is 1.68. The molecule has 0 saturated carbocycles. The topological polar surface area (TPSA) is 24.1 Å². The van der Waals surface area contributed by atoms with Gasteiger partial charge in [-0.1, -0.05) is 6.08 Å². The molecule has 0 saturated heterocycles. The quantitative estimate of drug-likeness (QED) is 0.617. The van der Waals surface area contributed by atoms with Crippen LogP contribution in [0.25, 0.3) is 0 Å². The smallest absolute Gasteiger partial charge is 0.0500 e. The van der Waals surface area contributed by atoms with E-state index in [9.17, 15) is 0 Å². The van der Waals surface area contributed by atoms with Crippen molar-refractivity contribution < 1.29 is 0 Å². The molecule has 0 aromatic carbocycles. The number of rotatable bonds is 2. The number of dihydropyridines is 1. The Labute approximate surface area is 68.4 Å². The van der Waals surface area contributed by atoms with Gasteiger partial charge in [-0.15, -0.1) is 0 Å². The first-order valence-electron chi connectivity index (χ1n) is 3.95. The van der Waals surface area contributed by atoms with Gasteiger partial charge in [0.25, 0.3) is 0 Å². The lowest BCUT2D eigenvalue weighted by molar-refractivity contribution is 0.541. The van der Waals surface area contributed by atoms with Gasteiger partial charge in [0, 0.05) is 6.54 Å². The lowest BCUT2D eigenvalue weighted by Crippen LogP contribution is -2.36. The molecule has 0 aliphatic carbocycles. The summed E-state index contributed by atoms with van der Waals surface area (Å²) in [4.78, 5) is 0. The molecule has 62 valence electrons. The summed E-state index contributed by atoms with van der Waals surface area (Å²) in [7, 11) is 1.96. The Morgan fingerprint density at radius 2 is 2.27 bits per heavy atom. The molecule has 0 aromatic rings. The summed E-state index contributed by atoms with van der Waals surface area (Å²) in [5, 5.41) is 6.39. The predicted octanol–water partition coefficient (Wildman–Crippen LogP) is 1.03. The van der Waals surface area contributed by atoms with Crippen LogP contribution in [0.5, 0.6) is 0 Å². The fourth-order valence-electron chi connectivity index (χ4n) is 1.23. The molecule has 0 fully saturated rings. The zero-order valence-electron chi connectivity index (χ0n) is 7.44. The minimum atomic E-state index is 0.112. The molecule has 0 spiro atoms. The van der Waals surface area contributed by atoms with E-state index in [-0.39, 0.29) is 5.54 Å². The molecule has 0 radical (unpaired) electrons. The maximum Gasteiger partial charge on any atom is 0.0500 e. The fourth-order valence-corrected chi connectivity index (χ4v) is 1.23. The summed E-state index contributed by atoms with van der Waals surface area (Å²) in [6.45, 7) is 5.26. The van der Waals surface area contributed by atoms with Gasteiger partial charge in [-0.05, 0) is 38.7 Å². The molecule has 0 atom stereocenters. The highest BCUT2D eigenvalue weighted by Crippen LogP contribution is 2.12. The second-order valence-electron chi connectivity index (χ2n) is 3.45. The standard InChI is InChI=1S/C9H16N2/c1-9(2)6-8(7-10-3)4-5-11-9/h4-6,10-11H,7H2,1-3H3. The summed E-state index contributed by atoms with van der Waals surface area (Å²) < 4.78 is 0. The molecule has 0 bridgehead atoms. The number of hydrogen-bond donors (Lipinski definition) is 2. The maximum absolute atomic E-state index is 3.26. The highest BCUT2D eigenvalue weighted by atomic mass is 14.9. The van der Waals surface area contributed by atoms with Crippen molar-refractivity contribution in [1.82, 2.24) is 10.6 Å². The molecular weight excluding hydrogens is 136 g/mol. The largest absolute Gasteiger partial charge is 0.383 e. The van der Waals surface area contributed by atoms with Gasteiger partial charge in [0.05, 0.1) is 5.54 Å². The summed E-state index contributed by atoms with van der Waals surface area (Å²) in [6, 6.07) is 0. The molecule has 0 unspecified atom stereocenters. The van der Waals surface area contributed by atoms with E-state index in [4.69, 9.17) is 0 Å². The van der Waals surface area contributed by atoms with Gasteiger partial charge in [-0.25, -0.2) is 0 Å². The lowest BCUT2D eigenvalue weighted by atomic mass is 9.99. The summed E-state index contributed by atoms with van der Waals surface area (Å²) in [6.07, 6.45) is 6.35. The van der Waals surface area contributed by atoms with Crippen LogP contribution < -0.4 is 10.6 Å². The van der Waals surface area contributed by atoms with E-state index in [1.165, 1.54) is 5.57 Å². The number of likely N-dealkylation sites (N-methyl/N-ethyl adjacent to an activating group) is 1.